The van der Waals surface area contributed by atoms with Gasteiger partial charge in [-0.25, -0.2) is 4.79 Å². The molecule has 1 heterocycles. The van der Waals surface area contributed by atoms with E-state index in [-0.39, 0.29) is 5.69 Å². The first-order valence-corrected chi connectivity index (χ1v) is 5.93. The van der Waals surface area contributed by atoms with Gasteiger partial charge in [-0.2, -0.15) is 11.8 Å². The van der Waals surface area contributed by atoms with Crippen molar-refractivity contribution in [1.29, 1.82) is 0 Å². The van der Waals surface area contributed by atoms with Crippen LogP contribution in [0.3, 0.4) is 0 Å². The summed E-state index contributed by atoms with van der Waals surface area (Å²) in [7, 11) is 0. The molecule has 0 aliphatic carbocycles. The molecule has 6 heteroatoms. The summed E-state index contributed by atoms with van der Waals surface area (Å²) in [5.41, 5.74) is -0.0373. The number of aromatic carboxylic acids is 1. The Kier molecular flexibility index (Phi) is 4.89. The topological polar surface area (TPSA) is 75.1 Å². The summed E-state index contributed by atoms with van der Waals surface area (Å²) in [5, 5.41) is 19.0. The largest absolute Gasteiger partial charge is 0.476 e. The van der Waals surface area contributed by atoms with Crippen LogP contribution in [0.15, 0.2) is 12.1 Å². The molecule has 0 amide bonds. The molecule has 0 aromatic carbocycles. The molecule has 0 bridgehead atoms. The quantitative estimate of drug-likeness (QED) is 0.714. The summed E-state index contributed by atoms with van der Waals surface area (Å²) in [6.07, 6.45) is 3.10. The monoisotopic (exact) mass is 227 g/mol. The number of nitrogens with zero attached hydrogens (tertiary/aromatic N) is 2. The second-order valence-corrected chi connectivity index (χ2v) is 3.87. The van der Waals surface area contributed by atoms with E-state index in [1.807, 2.05) is 0 Å². The van der Waals surface area contributed by atoms with E-state index >= 15 is 0 Å². The fourth-order valence-corrected chi connectivity index (χ4v) is 1.41. The van der Waals surface area contributed by atoms with Crippen LogP contribution in [-0.4, -0.2) is 39.8 Å². The molecule has 0 unspecified atom stereocenters. The Morgan fingerprint density at radius 3 is 2.87 bits per heavy atom. The lowest BCUT2D eigenvalue weighted by atomic mass is 10.4. The summed E-state index contributed by atoms with van der Waals surface area (Å²) in [4.78, 5) is 10.5. The van der Waals surface area contributed by atoms with Crippen molar-refractivity contribution in [3.05, 3.63) is 17.8 Å². The molecule has 0 spiro atoms. The van der Waals surface area contributed by atoms with Gasteiger partial charge in [0.25, 0.3) is 0 Å². The number of carboxylic acids is 1. The van der Waals surface area contributed by atoms with Crippen molar-refractivity contribution in [2.24, 2.45) is 0 Å². The molecule has 1 aromatic heterocycles. The van der Waals surface area contributed by atoms with Gasteiger partial charge in [0.15, 0.2) is 5.69 Å². The lowest BCUT2D eigenvalue weighted by molar-refractivity contribution is 0.0689. The summed E-state index contributed by atoms with van der Waals surface area (Å²) >= 11 is 1.79. The minimum atomic E-state index is -1.06. The lowest BCUT2D eigenvalue weighted by Crippen LogP contribution is -2.07. The zero-order valence-electron chi connectivity index (χ0n) is 8.43. The second-order valence-electron chi connectivity index (χ2n) is 2.88. The van der Waals surface area contributed by atoms with Crippen LogP contribution in [0.1, 0.15) is 16.9 Å². The molecule has 1 aromatic rings. The summed E-state index contributed by atoms with van der Waals surface area (Å²) in [5.74, 6) is 0.644. The van der Waals surface area contributed by atoms with Crippen LogP contribution in [0, 0.1) is 0 Å². The van der Waals surface area contributed by atoms with Gasteiger partial charge in [0.2, 0.25) is 0 Å². The Bertz CT molecular complexity index is 316. The van der Waals surface area contributed by atoms with Crippen LogP contribution >= 0.6 is 11.8 Å². The van der Waals surface area contributed by atoms with Crippen molar-refractivity contribution >= 4 is 23.5 Å². The molecular formula is C9H13N3O2S. The number of anilines is 1. The van der Waals surface area contributed by atoms with E-state index in [4.69, 9.17) is 5.11 Å². The molecule has 0 atom stereocenters. The average Bonchev–Trinajstić information content (AvgIpc) is 2.25. The molecule has 82 valence electrons. The number of hydrogen-bond acceptors (Lipinski definition) is 5. The normalized spacial score (nSPS) is 9.93. The molecule has 0 fully saturated rings. The minimum Gasteiger partial charge on any atom is -0.476 e. The maximum absolute atomic E-state index is 10.5. The molecule has 0 radical (unpaired) electrons. The van der Waals surface area contributed by atoms with E-state index in [2.05, 4.69) is 21.8 Å². The summed E-state index contributed by atoms with van der Waals surface area (Å²) in [6, 6.07) is 3.06. The lowest BCUT2D eigenvalue weighted by Gasteiger charge is -2.03. The minimum absolute atomic E-state index is 0.0373. The number of rotatable bonds is 6. The molecule has 0 saturated carbocycles. The zero-order chi connectivity index (χ0) is 11.1. The first kappa shape index (κ1) is 11.8. The predicted molar refractivity (Wildman–Crippen MR) is 60.5 cm³/mol. The molecule has 5 nitrogen and oxygen atoms in total. The van der Waals surface area contributed by atoms with Crippen molar-refractivity contribution < 1.29 is 9.90 Å². The third-order valence-corrected chi connectivity index (χ3v) is 2.41. The first-order chi connectivity index (χ1) is 7.24. The van der Waals surface area contributed by atoms with Crippen molar-refractivity contribution in [2.75, 3.05) is 23.9 Å². The molecule has 0 aliphatic heterocycles. The summed E-state index contributed by atoms with van der Waals surface area (Å²) < 4.78 is 0. The van der Waals surface area contributed by atoms with Crippen LogP contribution in [0.4, 0.5) is 5.82 Å². The molecule has 1 rings (SSSR count). The Balaban J connectivity index is 2.39. The molecule has 0 saturated heterocycles. The zero-order valence-corrected chi connectivity index (χ0v) is 9.25. The second kappa shape index (κ2) is 6.23. The van der Waals surface area contributed by atoms with Crippen LogP contribution < -0.4 is 5.32 Å². The Morgan fingerprint density at radius 2 is 2.33 bits per heavy atom. The maximum atomic E-state index is 10.5. The van der Waals surface area contributed by atoms with E-state index in [0.717, 1.165) is 18.7 Å². The number of hydrogen-bond donors (Lipinski definition) is 2. The van der Waals surface area contributed by atoms with E-state index in [1.165, 1.54) is 6.07 Å². The fraction of sp³-hybridized carbons (Fsp3) is 0.444. The highest BCUT2D eigenvalue weighted by atomic mass is 32.2. The standard InChI is InChI=1S/C9H13N3O2S/c1-15-6-2-5-10-8-4-3-7(9(13)14)11-12-8/h3-4H,2,5-6H2,1H3,(H,10,12)(H,13,14). The Morgan fingerprint density at radius 1 is 1.53 bits per heavy atom. The Hall–Kier alpha value is -1.30. The molecule has 15 heavy (non-hydrogen) atoms. The van der Waals surface area contributed by atoms with E-state index < -0.39 is 5.97 Å². The van der Waals surface area contributed by atoms with Gasteiger partial charge in [-0.3, -0.25) is 0 Å². The van der Waals surface area contributed by atoms with Crippen molar-refractivity contribution in [2.45, 2.75) is 6.42 Å². The van der Waals surface area contributed by atoms with Gasteiger partial charge in [-0.1, -0.05) is 0 Å². The van der Waals surface area contributed by atoms with Crippen molar-refractivity contribution in [1.82, 2.24) is 10.2 Å². The SMILES string of the molecule is CSCCCNc1ccc(C(=O)O)nn1. The predicted octanol–water partition coefficient (Wildman–Crippen LogP) is 1.34. The van der Waals surface area contributed by atoms with Gasteiger partial charge in [-0.15, -0.1) is 10.2 Å². The third-order valence-electron chi connectivity index (χ3n) is 1.72. The number of carbonyl (C=O) groups is 1. The van der Waals surface area contributed by atoms with Gasteiger partial charge in [0.1, 0.15) is 5.82 Å². The average molecular weight is 227 g/mol. The summed E-state index contributed by atoms with van der Waals surface area (Å²) in [6.45, 7) is 0.821. The van der Waals surface area contributed by atoms with E-state index in [0.29, 0.717) is 5.82 Å². The highest BCUT2D eigenvalue weighted by Crippen LogP contribution is 2.03. The van der Waals surface area contributed by atoms with Crippen LogP contribution in [0.5, 0.6) is 0 Å². The number of thioether (sulfide) groups is 1. The first-order valence-electron chi connectivity index (χ1n) is 4.54. The molecule has 0 aliphatic rings. The Labute approximate surface area is 92.3 Å². The number of nitrogens with one attached hydrogen (secondary N) is 1. The van der Waals surface area contributed by atoms with Gasteiger partial charge in [0, 0.05) is 6.54 Å². The van der Waals surface area contributed by atoms with Crippen LogP contribution in [0.25, 0.3) is 0 Å². The van der Waals surface area contributed by atoms with E-state index in [1.54, 1.807) is 17.8 Å². The smallest absolute Gasteiger partial charge is 0.356 e. The third kappa shape index (κ3) is 4.16. The maximum Gasteiger partial charge on any atom is 0.356 e. The van der Waals surface area contributed by atoms with Gasteiger partial charge < -0.3 is 10.4 Å². The van der Waals surface area contributed by atoms with E-state index in [9.17, 15) is 4.79 Å². The number of aromatic nitrogens is 2. The van der Waals surface area contributed by atoms with Crippen molar-refractivity contribution in [3.63, 3.8) is 0 Å². The molecule has 2 N–H and O–H groups in total. The van der Waals surface area contributed by atoms with Gasteiger partial charge in [0.05, 0.1) is 0 Å². The highest BCUT2D eigenvalue weighted by molar-refractivity contribution is 7.98. The number of carboxylic acid groups (broad SMARTS) is 1. The van der Waals surface area contributed by atoms with Gasteiger partial charge >= 0.3 is 5.97 Å². The van der Waals surface area contributed by atoms with Crippen LogP contribution in [-0.2, 0) is 0 Å². The highest BCUT2D eigenvalue weighted by Gasteiger charge is 2.04. The van der Waals surface area contributed by atoms with Crippen LogP contribution in [0.2, 0.25) is 0 Å². The fourth-order valence-electron chi connectivity index (χ4n) is 0.974. The molecular weight excluding hydrogens is 214 g/mol. The van der Waals surface area contributed by atoms with Gasteiger partial charge in [-0.05, 0) is 30.6 Å². The van der Waals surface area contributed by atoms with Crippen molar-refractivity contribution in [3.8, 4) is 0 Å².